The second-order valence-corrected chi connectivity index (χ2v) is 9.66. The zero-order chi connectivity index (χ0) is 26.0. The number of benzene rings is 3. The van der Waals surface area contributed by atoms with Crippen molar-refractivity contribution in [1.82, 2.24) is 5.32 Å². The molecule has 0 saturated carbocycles. The van der Waals surface area contributed by atoms with Crippen molar-refractivity contribution < 1.29 is 14.3 Å². The van der Waals surface area contributed by atoms with Crippen molar-refractivity contribution >= 4 is 34.9 Å². The molecule has 0 fully saturated rings. The lowest BCUT2D eigenvalue weighted by atomic mass is 9.68. The molecule has 1 aliphatic carbocycles. The van der Waals surface area contributed by atoms with Crippen LogP contribution < -0.4 is 10.3 Å². The Labute approximate surface area is 221 Å². The van der Waals surface area contributed by atoms with E-state index in [0.29, 0.717) is 40.7 Å². The number of hydrazone groups is 1. The SMILES string of the molecule is CCOC(=O)C1=C(NCc2ccc(Cl)cc2)CC2(C(=O)N(c3ccccc3)N=C2C)C1c1ccccc1. The number of nitrogens with one attached hydrogen (secondary N) is 1. The average molecular weight is 514 g/mol. The summed E-state index contributed by atoms with van der Waals surface area (Å²) in [5, 5.41) is 10.3. The first-order valence-corrected chi connectivity index (χ1v) is 12.7. The quantitative estimate of drug-likeness (QED) is 0.403. The third kappa shape index (κ3) is 4.42. The van der Waals surface area contributed by atoms with E-state index in [9.17, 15) is 9.59 Å². The second kappa shape index (κ2) is 10.2. The van der Waals surface area contributed by atoms with Gasteiger partial charge in [0.15, 0.2) is 0 Å². The first-order chi connectivity index (χ1) is 18.0. The molecule has 0 radical (unpaired) electrons. The number of carbonyl (C=O) groups excluding carboxylic acids is 2. The average Bonchev–Trinajstić information content (AvgIpc) is 3.40. The van der Waals surface area contributed by atoms with Crippen molar-refractivity contribution in [2.75, 3.05) is 11.6 Å². The maximum atomic E-state index is 14.3. The predicted molar refractivity (Wildman–Crippen MR) is 145 cm³/mol. The molecule has 5 rings (SSSR count). The number of amides is 1. The van der Waals surface area contributed by atoms with Crippen LogP contribution in [0.2, 0.25) is 5.02 Å². The summed E-state index contributed by atoms with van der Waals surface area (Å²) >= 11 is 6.06. The molecule has 0 saturated heterocycles. The number of nitrogens with zero attached hydrogens (tertiary/aromatic N) is 2. The van der Waals surface area contributed by atoms with E-state index in [1.807, 2.05) is 91.9 Å². The number of halogens is 1. The van der Waals surface area contributed by atoms with E-state index in [2.05, 4.69) is 5.32 Å². The Kier molecular flexibility index (Phi) is 6.85. The van der Waals surface area contributed by atoms with Crippen molar-refractivity contribution in [2.24, 2.45) is 10.5 Å². The molecule has 37 heavy (non-hydrogen) atoms. The van der Waals surface area contributed by atoms with E-state index in [1.165, 1.54) is 5.01 Å². The molecule has 1 aliphatic heterocycles. The number of carbonyl (C=O) groups is 2. The second-order valence-electron chi connectivity index (χ2n) is 9.22. The number of para-hydroxylation sites is 1. The van der Waals surface area contributed by atoms with Gasteiger partial charge >= 0.3 is 5.97 Å². The first-order valence-electron chi connectivity index (χ1n) is 12.3. The number of ether oxygens (including phenoxy) is 1. The fourth-order valence-corrected chi connectivity index (χ4v) is 5.45. The number of hydrogen-bond acceptors (Lipinski definition) is 5. The van der Waals surface area contributed by atoms with E-state index in [4.69, 9.17) is 21.4 Å². The monoisotopic (exact) mass is 513 g/mol. The van der Waals surface area contributed by atoms with Crippen LogP contribution in [-0.4, -0.2) is 24.2 Å². The number of esters is 1. The lowest BCUT2D eigenvalue weighted by molar-refractivity contribution is -0.139. The first kappa shape index (κ1) is 24.8. The Hall–Kier alpha value is -3.90. The summed E-state index contributed by atoms with van der Waals surface area (Å²) in [7, 11) is 0. The van der Waals surface area contributed by atoms with Crippen LogP contribution >= 0.6 is 11.6 Å². The molecule has 3 aromatic carbocycles. The highest BCUT2D eigenvalue weighted by Gasteiger charge is 2.61. The van der Waals surface area contributed by atoms with E-state index in [0.717, 1.165) is 11.1 Å². The normalized spacial score (nSPS) is 20.9. The number of hydrogen-bond donors (Lipinski definition) is 1. The van der Waals surface area contributed by atoms with Gasteiger partial charge in [-0.15, -0.1) is 0 Å². The van der Waals surface area contributed by atoms with E-state index < -0.39 is 17.3 Å². The van der Waals surface area contributed by atoms with Crippen molar-refractivity contribution in [2.45, 2.75) is 32.7 Å². The molecule has 1 heterocycles. The molecule has 0 aromatic heterocycles. The largest absolute Gasteiger partial charge is 0.463 e. The van der Waals surface area contributed by atoms with Gasteiger partial charge in [0.1, 0.15) is 5.41 Å². The minimum absolute atomic E-state index is 0.157. The van der Waals surface area contributed by atoms with Crippen molar-refractivity contribution in [3.63, 3.8) is 0 Å². The Morgan fingerprint density at radius 1 is 1.05 bits per heavy atom. The Morgan fingerprint density at radius 2 is 1.70 bits per heavy atom. The molecular weight excluding hydrogens is 486 g/mol. The summed E-state index contributed by atoms with van der Waals surface area (Å²) in [4.78, 5) is 27.8. The summed E-state index contributed by atoms with van der Waals surface area (Å²) in [6.07, 6.45) is 0.311. The maximum Gasteiger partial charge on any atom is 0.336 e. The van der Waals surface area contributed by atoms with E-state index >= 15 is 0 Å². The smallest absolute Gasteiger partial charge is 0.336 e. The zero-order valence-electron chi connectivity index (χ0n) is 20.8. The van der Waals surface area contributed by atoms with Crippen LogP contribution in [0.3, 0.4) is 0 Å². The molecular formula is C30H28ClN3O3. The molecule has 1 N–H and O–H groups in total. The van der Waals surface area contributed by atoms with Crippen LogP contribution in [0.1, 0.15) is 37.3 Å². The van der Waals surface area contributed by atoms with Crippen LogP contribution in [0.5, 0.6) is 0 Å². The predicted octanol–water partition coefficient (Wildman–Crippen LogP) is 5.84. The van der Waals surface area contributed by atoms with Crippen LogP contribution in [0.25, 0.3) is 0 Å². The van der Waals surface area contributed by atoms with Crippen molar-refractivity contribution in [3.8, 4) is 0 Å². The van der Waals surface area contributed by atoms with Gasteiger partial charge in [-0.2, -0.15) is 10.1 Å². The van der Waals surface area contributed by atoms with Gasteiger partial charge in [0, 0.05) is 29.6 Å². The van der Waals surface area contributed by atoms with Crippen LogP contribution in [-0.2, 0) is 20.9 Å². The third-order valence-corrected chi connectivity index (χ3v) is 7.33. The van der Waals surface area contributed by atoms with Gasteiger partial charge in [-0.25, -0.2) is 4.79 Å². The number of allylic oxidation sites excluding steroid dienone is 1. The molecule has 3 aromatic rings. The van der Waals surface area contributed by atoms with Gasteiger partial charge in [-0.3, -0.25) is 4.79 Å². The topological polar surface area (TPSA) is 71.0 Å². The van der Waals surface area contributed by atoms with Crippen molar-refractivity contribution in [1.29, 1.82) is 0 Å². The molecule has 2 aliphatic rings. The Balaban J connectivity index is 1.61. The van der Waals surface area contributed by atoms with Crippen LogP contribution in [0, 0.1) is 5.41 Å². The minimum atomic E-state index is -1.05. The molecule has 0 bridgehead atoms. The zero-order valence-corrected chi connectivity index (χ0v) is 21.5. The molecule has 6 nitrogen and oxygen atoms in total. The minimum Gasteiger partial charge on any atom is -0.463 e. The van der Waals surface area contributed by atoms with E-state index in [-0.39, 0.29) is 12.5 Å². The van der Waals surface area contributed by atoms with Gasteiger partial charge in [0.2, 0.25) is 0 Å². The molecule has 1 spiro atoms. The Bertz CT molecular complexity index is 1370. The highest BCUT2D eigenvalue weighted by atomic mass is 35.5. The van der Waals surface area contributed by atoms with E-state index in [1.54, 1.807) is 6.92 Å². The lowest BCUT2D eigenvalue weighted by Gasteiger charge is -2.31. The summed E-state index contributed by atoms with van der Waals surface area (Å²) in [6, 6.07) is 26.6. The van der Waals surface area contributed by atoms with Gasteiger partial charge < -0.3 is 10.1 Å². The molecule has 7 heteroatoms. The molecule has 2 unspecified atom stereocenters. The van der Waals surface area contributed by atoms with Gasteiger partial charge in [0.25, 0.3) is 5.91 Å². The lowest BCUT2D eigenvalue weighted by Crippen LogP contribution is -2.43. The molecule has 1 amide bonds. The molecule has 2 atom stereocenters. The summed E-state index contributed by atoms with van der Waals surface area (Å²) in [6.45, 7) is 4.37. The standard InChI is InChI=1S/C30H28ClN3O3/c1-3-37-28(35)26-25(32-19-21-14-16-23(31)17-15-21)18-30(27(26)22-10-6-4-7-11-22)20(2)33-34(29(30)36)24-12-8-5-9-13-24/h4-17,27,32H,3,18-19H2,1-2H3. The van der Waals surface area contributed by atoms with Crippen molar-refractivity contribution in [3.05, 3.63) is 112 Å². The van der Waals surface area contributed by atoms with Crippen LogP contribution in [0.15, 0.2) is 101 Å². The summed E-state index contributed by atoms with van der Waals surface area (Å²) in [5.41, 5.74) is 3.34. The molecule has 188 valence electrons. The fourth-order valence-electron chi connectivity index (χ4n) is 5.32. The summed E-state index contributed by atoms with van der Waals surface area (Å²) < 4.78 is 5.54. The van der Waals surface area contributed by atoms with Gasteiger partial charge in [-0.05, 0) is 49.2 Å². The Morgan fingerprint density at radius 3 is 2.35 bits per heavy atom. The van der Waals surface area contributed by atoms with Gasteiger partial charge in [-0.1, -0.05) is 72.3 Å². The highest BCUT2D eigenvalue weighted by molar-refractivity contribution is 6.30. The fraction of sp³-hybridized carbons (Fsp3) is 0.233. The van der Waals surface area contributed by atoms with Crippen LogP contribution in [0.4, 0.5) is 5.69 Å². The number of rotatable bonds is 7. The third-order valence-electron chi connectivity index (χ3n) is 7.08. The highest BCUT2D eigenvalue weighted by Crippen LogP contribution is 2.56. The van der Waals surface area contributed by atoms with Gasteiger partial charge in [0.05, 0.1) is 23.6 Å². The summed E-state index contributed by atoms with van der Waals surface area (Å²) in [5.74, 6) is -1.13. The number of anilines is 1. The maximum absolute atomic E-state index is 14.3.